The lowest BCUT2D eigenvalue weighted by molar-refractivity contribution is -0.196. The number of ether oxygens (including phenoxy) is 2. The summed E-state index contributed by atoms with van der Waals surface area (Å²) in [4.78, 5) is 0. The van der Waals surface area contributed by atoms with E-state index in [2.05, 4.69) is 6.92 Å². The van der Waals surface area contributed by atoms with E-state index in [4.69, 9.17) is 9.47 Å². The number of unbranched alkanes of at least 4 members (excludes halogenated alkanes) is 1. The van der Waals surface area contributed by atoms with E-state index >= 15 is 0 Å². The van der Waals surface area contributed by atoms with Gasteiger partial charge in [-0.25, -0.2) is 5.11 Å². The first kappa shape index (κ1) is 10.9. The van der Waals surface area contributed by atoms with E-state index in [1.807, 2.05) is 0 Å². The standard InChI is InChI=1S/C8H17O3/c1-3-5-6-10-7-11-8(9)4-2/h8H,3-7H2,1-2H3. The highest BCUT2D eigenvalue weighted by atomic mass is 16.7. The molecule has 1 unspecified atom stereocenters. The van der Waals surface area contributed by atoms with Crippen molar-refractivity contribution in [2.75, 3.05) is 13.4 Å². The summed E-state index contributed by atoms with van der Waals surface area (Å²) in [7, 11) is 0. The smallest absolute Gasteiger partial charge is 0.193 e. The Bertz CT molecular complexity index is 75.7. The maximum atomic E-state index is 10.6. The van der Waals surface area contributed by atoms with Crippen LogP contribution in [0.5, 0.6) is 0 Å². The third kappa shape index (κ3) is 7.78. The zero-order chi connectivity index (χ0) is 8.53. The highest BCUT2D eigenvalue weighted by Crippen LogP contribution is 1.94. The fraction of sp³-hybridized carbons (Fsp3) is 1.00. The molecule has 0 rings (SSSR count). The van der Waals surface area contributed by atoms with Crippen LogP contribution >= 0.6 is 0 Å². The van der Waals surface area contributed by atoms with E-state index < -0.39 is 6.29 Å². The Kier molecular flexibility index (Phi) is 7.89. The van der Waals surface area contributed by atoms with Crippen molar-refractivity contribution in [2.24, 2.45) is 0 Å². The summed E-state index contributed by atoms with van der Waals surface area (Å²) in [6.45, 7) is 4.71. The molecule has 1 radical (unpaired) electrons. The molecule has 0 amide bonds. The van der Waals surface area contributed by atoms with E-state index in [0.717, 1.165) is 12.8 Å². The Morgan fingerprint density at radius 3 is 2.64 bits per heavy atom. The summed E-state index contributed by atoms with van der Waals surface area (Å²) in [5, 5.41) is 10.6. The van der Waals surface area contributed by atoms with Gasteiger partial charge in [0, 0.05) is 6.61 Å². The van der Waals surface area contributed by atoms with Crippen LogP contribution in [0, 0.1) is 0 Å². The van der Waals surface area contributed by atoms with Crippen molar-refractivity contribution in [1.82, 2.24) is 0 Å². The SMILES string of the molecule is CCCCOCOC([O])CC. The number of rotatable bonds is 7. The molecule has 3 nitrogen and oxygen atoms in total. The summed E-state index contributed by atoms with van der Waals surface area (Å²) in [5.74, 6) is 0. The van der Waals surface area contributed by atoms with Crippen LogP contribution in [-0.2, 0) is 14.6 Å². The minimum atomic E-state index is -0.920. The molecule has 0 aromatic carbocycles. The topological polar surface area (TPSA) is 38.4 Å². The summed E-state index contributed by atoms with van der Waals surface area (Å²) in [6, 6.07) is 0. The number of hydrogen-bond donors (Lipinski definition) is 0. The van der Waals surface area contributed by atoms with Crippen molar-refractivity contribution in [3.05, 3.63) is 0 Å². The molecule has 0 aliphatic heterocycles. The van der Waals surface area contributed by atoms with Gasteiger partial charge in [0.2, 0.25) is 0 Å². The molecule has 0 bridgehead atoms. The molecule has 0 N–H and O–H groups in total. The van der Waals surface area contributed by atoms with Gasteiger partial charge in [-0.3, -0.25) is 0 Å². The zero-order valence-electron chi connectivity index (χ0n) is 7.34. The normalized spacial score (nSPS) is 13.4. The quantitative estimate of drug-likeness (QED) is 0.423. The fourth-order valence-electron chi connectivity index (χ4n) is 0.547. The van der Waals surface area contributed by atoms with Crippen molar-refractivity contribution < 1.29 is 14.6 Å². The molecule has 0 saturated carbocycles. The molecular weight excluding hydrogens is 144 g/mol. The lowest BCUT2D eigenvalue weighted by atomic mass is 10.4. The van der Waals surface area contributed by atoms with Crippen LogP contribution in [-0.4, -0.2) is 19.7 Å². The van der Waals surface area contributed by atoms with E-state index in [-0.39, 0.29) is 6.79 Å². The van der Waals surface area contributed by atoms with Crippen molar-refractivity contribution in [3.8, 4) is 0 Å². The molecule has 0 aromatic rings. The van der Waals surface area contributed by atoms with Crippen LogP contribution in [0.2, 0.25) is 0 Å². The molecular formula is C8H17O3. The Morgan fingerprint density at radius 2 is 2.09 bits per heavy atom. The summed E-state index contributed by atoms with van der Waals surface area (Å²) in [5.41, 5.74) is 0. The second-order valence-corrected chi connectivity index (χ2v) is 2.38. The largest absolute Gasteiger partial charge is 0.355 e. The zero-order valence-corrected chi connectivity index (χ0v) is 7.34. The average Bonchev–Trinajstić information content (AvgIpc) is 2.04. The maximum absolute atomic E-state index is 10.6. The molecule has 67 valence electrons. The van der Waals surface area contributed by atoms with E-state index in [1.165, 1.54) is 0 Å². The fourth-order valence-corrected chi connectivity index (χ4v) is 0.547. The first-order chi connectivity index (χ1) is 5.31. The van der Waals surface area contributed by atoms with Crippen LogP contribution < -0.4 is 0 Å². The monoisotopic (exact) mass is 161 g/mol. The summed E-state index contributed by atoms with van der Waals surface area (Å²) < 4.78 is 9.78. The third-order valence-corrected chi connectivity index (χ3v) is 1.31. The van der Waals surface area contributed by atoms with Gasteiger partial charge in [0.05, 0.1) is 0 Å². The second kappa shape index (κ2) is 7.98. The predicted molar refractivity (Wildman–Crippen MR) is 41.6 cm³/mol. The molecule has 3 heteroatoms. The van der Waals surface area contributed by atoms with Gasteiger partial charge in [0.15, 0.2) is 6.29 Å². The molecule has 0 aromatic heterocycles. The van der Waals surface area contributed by atoms with Gasteiger partial charge in [-0.05, 0) is 12.8 Å². The van der Waals surface area contributed by atoms with Crippen molar-refractivity contribution in [3.63, 3.8) is 0 Å². The molecule has 0 spiro atoms. The summed E-state index contributed by atoms with van der Waals surface area (Å²) in [6.07, 6.45) is 1.71. The second-order valence-electron chi connectivity index (χ2n) is 2.38. The predicted octanol–water partition coefficient (Wildman–Crippen LogP) is 1.94. The van der Waals surface area contributed by atoms with Gasteiger partial charge in [-0.1, -0.05) is 20.3 Å². The summed E-state index contributed by atoms with van der Waals surface area (Å²) >= 11 is 0. The molecule has 0 fully saturated rings. The van der Waals surface area contributed by atoms with Gasteiger partial charge in [-0.2, -0.15) is 0 Å². The Balaban J connectivity index is 2.89. The van der Waals surface area contributed by atoms with Gasteiger partial charge < -0.3 is 9.47 Å². The Morgan fingerprint density at radius 1 is 1.36 bits per heavy atom. The number of hydrogen-bond acceptors (Lipinski definition) is 2. The average molecular weight is 161 g/mol. The molecule has 0 aliphatic rings. The van der Waals surface area contributed by atoms with E-state index in [9.17, 15) is 5.11 Å². The van der Waals surface area contributed by atoms with Gasteiger partial charge in [0.25, 0.3) is 0 Å². The third-order valence-electron chi connectivity index (χ3n) is 1.31. The highest BCUT2D eigenvalue weighted by Gasteiger charge is 2.00. The molecule has 11 heavy (non-hydrogen) atoms. The Hall–Kier alpha value is -0.120. The minimum absolute atomic E-state index is 0.141. The van der Waals surface area contributed by atoms with Crippen molar-refractivity contribution >= 4 is 0 Å². The van der Waals surface area contributed by atoms with Crippen molar-refractivity contribution in [2.45, 2.75) is 39.4 Å². The van der Waals surface area contributed by atoms with Crippen molar-refractivity contribution in [1.29, 1.82) is 0 Å². The van der Waals surface area contributed by atoms with E-state index in [1.54, 1.807) is 6.92 Å². The molecule has 1 atom stereocenters. The first-order valence-corrected chi connectivity index (χ1v) is 4.16. The van der Waals surface area contributed by atoms with Crippen LogP contribution in [0.3, 0.4) is 0 Å². The lowest BCUT2D eigenvalue weighted by Crippen LogP contribution is -2.11. The van der Waals surface area contributed by atoms with Crippen LogP contribution in [0.1, 0.15) is 33.1 Å². The van der Waals surface area contributed by atoms with E-state index in [0.29, 0.717) is 13.0 Å². The maximum Gasteiger partial charge on any atom is 0.193 e. The molecule has 0 saturated heterocycles. The lowest BCUT2D eigenvalue weighted by Gasteiger charge is -2.07. The van der Waals surface area contributed by atoms with Gasteiger partial charge in [0.1, 0.15) is 6.79 Å². The van der Waals surface area contributed by atoms with Gasteiger partial charge in [-0.15, -0.1) is 0 Å². The van der Waals surface area contributed by atoms with Crippen LogP contribution in [0.4, 0.5) is 0 Å². The first-order valence-electron chi connectivity index (χ1n) is 4.16. The highest BCUT2D eigenvalue weighted by molar-refractivity contribution is 4.31. The Labute approximate surface area is 68.3 Å². The van der Waals surface area contributed by atoms with Crippen LogP contribution in [0.25, 0.3) is 0 Å². The molecule has 0 heterocycles. The minimum Gasteiger partial charge on any atom is -0.355 e. The van der Waals surface area contributed by atoms with Gasteiger partial charge >= 0.3 is 0 Å². The molecule has 0 aliphatic carbocycles. The van der Waals surface area contributed by atoms with Crippen LogP contribution in [0.15, 0.2) is 0 Å².